The van der Waals surface area contributed by atoms with E-state index in [0.29, 0.717) is 5.75 Å². The molecule has 1 unspecified atom stereocenters. The predicted octanol–water partition coefficient (Wildman–Crippen LogP) is 0.678. The fourth-order valence-electron chi connectivity index (χ4n) is 1.34. The first-order chi connectivity index (χ1) is 5.85. The Kier molecular flexibility index (Phi) is 3.30. The second-order valence-electron chi connectivity index (χ2n) is 4.06. The van der Waals surface area contributed by atoms with Gasteiger partial charge in [-0.1, -0.05) is 0 Å². The van der Waals surface area contributed by atoms with Gasteiger partial charge in [0, 0.05) is 10.00 Å². The minimum atomic E-state index is -2.78. The Morgan fingerprint density at radius 2 is 2.15 bits per heavy atom. The number of hydrogen-bond donors (Lipinski definition) is 1. The first-order valence-corrected chi connectivity index (χ1v) is 7.04. The Bertz CT molecular complexity index is 269. The van der Waals surface area contributed by atoms with Crippen molar-refractivity contribution in [2.24, 2.45) is 0 Å². The maximum atomic E-state index is 11.1. The maximum absolute atomic E-state index is 11.1. The van der Waals surface area contributed by atoms with E-state index in [1.807, 2.05) is 13.8 Å². The Morgan fingerprint density at radius 1 is 1.54 bits per heavy atom. The molecule has 0 aromatic rings. The van der Waals surface area contributed by atoms with Crippen molar-refractivity contribution in [3.8, 4) is 0 Å². The zero-order valence-electron chi connectivity index (χ0n) is 7.99. The van der Waals surface area contributed by atoms with Gasteiger partial charge in [-0.25, -0.2) is 8.42 Å². The van der Waals surface area contributed by atoms with E-state index in [1.165, 1.54) is 0 Å². The summed E-state index contributed by atoms with van der Waals surface area (Å²) in [4.78, 5) is 0. The SMILES string of the molecule is CC(C)(CO)SC1CCS(=O)(=O)C1. The molecule has 0 saturated carbocycles. The van der Waals surface area contributed by atoms with E-state index < -0.39 is 9.84 Å². The van der Waals surface area contributed by atoms with Crippen molar-refractivity contribution in [2.45, 2.75) is 30.3 Å². The van der Waals surface area contributed by atoms with Crippen molar-refractivity contribution in [3.63, 3.8) is 0 Å². The Labute approximate surface area is 83.8 Å². The molecule has 1 rings (SSSR count). The average Bonchev–Trinajstić information content (AvgIpc) is 2.29. The van der Waals surface area contributed by atoms with Crippen LogP contribution >= 0.6 is 11.8 Å². The van der Waals surface area contributed by atoms with Gasteiger partial charge in [-0.3, -0.25) is 0 Å². The molecule has 0 bridgehead atoms. The molecule has 0 aliphatic carbocycles. The van der Waals surface area contributed by atoms with Gasteiger partial charge in [0.05, 0.1) is 18.1 Å². The smallest absolute Gasteiger partial charge is 0.151 e. The van der Waals surface area contributed by atoms with Gasteiger partial charge < -0.3 is 5.11 Å². The Morgan fingerprint density at radius 3 is 2.54 bits per heavy atom. The van der Waals surface area contributed by atoms with Crippen LogP contribution in [0.1, 0.15) is 20.3 Å². The molecule has 1 heterocycles. The van der Waals surface area contributed by atoms with Crippen LogP contribution in [0.4, 0.5) is 0 Å². The van der Waals surface area contributed by atoms with Crippen molar-refractivity contribution in [2.75, 3.05) is 18.1 Å². The van der Waals surface area contributed by atoms with E-state index >= 15 is 0 Å². The van der Waals surface area contributed by atoms with Crippen LogP contribution in [0.5, 0.6) is 0 Å². The van der Waals surface area contributed by atoms with Crippen LogP contribution in [0.15, 0.2) is 0 Å². The van der Waals surface area contributed by atoms with Crippen LogP contribution in [0.3, 0.4) is 0 Å². The summed E-state index contributed by atoms with van der Waals surface area (Å²) in [6.07, 6.45) is 0.733. The lowest BCUT2D eigenvalue weighted by Crippen LogP contribution is -2.24. The topological polar surface area (TPSA) is 54.4 Å². The molecule has 5 heteroatoms. The van der Waals surface area contributed by atoms with Gasteiger partial charge in [0.15, 0.2) is 9.84 Å². The number of aliphatic hydroxyl groups is 1. The first kappa shape index (κ1) is 11.3. The second kappa shape index (κ2) is 3.79. The van der Waals surface area contributed by atoms with Gasteiger partial charge >= 0.3 is 0 Å². The number of rotatable bonds is 3. The third-order valence-corrected chi connectivity index (χ3v) is 5.54. The highest BCUT2D eigenvalue weighted by Crippen LogP contribution is 2.34. The van der Waals surface area contributed by atoms with Crippen LogP contribution in [0.2, 0.25) is 0 Å². The second-order valence-corrected chi connectivity index (χ2v) is 8.30. The van der Waals surface area contributed by atoms with Gasteiger partial charge in [0.1, 0.15) is 0 Å². The summed E-state index contributed by atoms with van der Waals surface area (Å²) in [7, 11) is -2.78. The summed E-state index contributed by atoms with van der Waals surface area (Å²) in [6, 6.07) is 0. The molecule has 78 valence electrons. The van der Waals surface area contributed by atoms with Crippen molar-refractivity contribution in [1.29, 1.82) is 0 Å². The highest BCUT2D eigenvalue weighted by atomic mass is 32.2. The number of aliphatic hydroxyl groups excluding tert-OH is 1. The lowest BCUT2D eigenvalue weighted by Gasteiger charge is -2.24. The minimum absolute atomic E-state index is 0.0915. The van der Waals surface area contributed by atoms with Crippen molar-refractivity contribution in [1.82, 2.24) is 0 Å². The molecule has 1 aliphatic heterocycles. The van der Waals surface area contributed by atoms with Crippen LogP contribution in [0.25, 0.3) is 0 Å². The first-order valence-electron chi connectivity index (χ1n) is 4.34. The molecule has 1 atom stereocenters. The minimum Gasteiger partial charge on any atom is -0.395 e. The number of hydrogen-bond acceptors (Lipinski definition) is 4. The summed E-state index contributed by atoms with van der Waals surface area (Å²) in [5, 5.41) is 9.19. The molecule has 0 aromatic carbocycles. The Balaban J connectivity index is 2.50. The monoisotopic (exact) mass is 224 g/mol. The molecule has 1 saturated heterocycles. The molecule has 0 aromatic heterocycles. The summed E-state index contributed by atoms with van der Waals surface area (Å²) < 4.78 is 22.1. The average molecular weight is 224 g/mol. The van der Waals surface area contributed by atoms with Crippen molar-refractivity contribution in [3.05, 3.63) is 0 Å². The molecular formula is C8H16O3S2. The summed E-state index contributed by atoms with van der Waals surface area (Å²) in [6.45, 7) is 3.96. The zero-order valence-corrected chi connectivity index (χ0v) is 9.62. The zero-order chi connectivity index (χ0) is 10.1. The fourth-order valence-corrected chi connectivity index (χ4v) is 5.14. The van der Waals surface area contributed by atoms with Gasteiger partial charge in [-0.15, -0.1) is 11.8 Å². The molecule has 0 spiro atoms. The molecule has 1 N–H and O–H groups in total. The van der Waals surface area contributed by atoms with E-state index in [0.717, 1.165) is 6.42 Å². The predicted molar refractivity (Wildman–Crippen MR) is 55.8 cm³/mol. The third-order valence-electron chi connectivity index (χ3n) is 2.06. The van der Waals surface area contributed by atoms with Gasteiger partial charge in [0.2, 0.25) is 0 Å². The highest BCUT2D eigenvalue weighted by Gasteiger charge is 2.32. The summed E-state index contributed by atoms with van der Waals surface area (Å²) in [5.74, 6) is 0.591. The maximum Gasteiger partial charge on any atom is 0.151 e. The molecule has 3 nitrogen and oxygen atoms in total. The lowest BCUT2D eigenvalue weighted by atomic mass is 10.2. The number of sulfone groups is 1. The molecule has 13 heavy (non-hydrogen) atoms. The molecule has 0 radical (unpaired) electrons. The normalized spacial score (nSPS) is 27.8. The largest absolute Gasteiger partial charge is 0.395 e. The van der Waals surface area contributed by atoms with E-state index in [1.54, 1.807) is 11.8 Å². The van der Waals surface area contributed by atoms with Crippen molar-refractivity contribution < 1.29 is 13.5 Å². The summed E-state index contributed by atoms with van der Waals surface area (Å²) in [5.41, 5.74) is 0. The van der Waals surface area contributed by atoms with E-state index in [2.05, 4.69) is 0 Å². The van der Waals surface area contributed by atoms with Crippen LogP contribution < -0.4 is 0 Å². The summed E-state index contributed by atoms with van der Waals surface area (Å²) >= 11 is 1.58. The van der Waals surface area contributed by atoms with Crippen LogP contribution in [-0.4, -0.2) is 41.6 Å². The third kappa shape index (κ3) is 3.48. The van der Waals surface area contributed by atoms with Crippen LogP contribution in [0, 0.1) is 0 Å². The lowest BCUT2D eigenvalue weighted by molar-refractivity contribution is 0.264. The van der Waals surface area contributed by atoms with Gasteiger partial charge in [0.25, 0.3) is 0 Å². The van der Waals surface area contributed by atoms with Crippen LogP contribution in [-0.2, 0) is 9.84 Å². The van der Waals surface area contributed by atoms with E-state index in [-0.39, 0.29) is 22.4 Å². The highest BCUT2D eigenvalue weighted by molar-refractivity contribution is 8.02. The number of thioether (sulfide) groups is 1. The molecular weight excluding hydrogens is 208 g/mol. The quantitative estimate of drug-likeness (QED) is 0.766. The molecule has 1 aliphatic rings. The van der Waals surface area contributed by atoms with Gasteiger partial charge in [-0.2, -0.15) is 0 Å². The van der Waals surface area contributed by atoms with Crippen molar-refractivity contribution >= 4 is 21.6 Å². The van der Waals surface area contributed by atoms with Gasteiger partial charge in [-0.05, 0) is 20.3 Å². The van der Waals surface area contributed by atoms with E-state index in [9.17, 15) is 8.42 Å². The fraction of sp³-hybridized carbons (Fsp3) is 1.00. The Hall–Kier alpha value is 0.260. The standard InChI is InChI=1S/C8H16O3S2/c1-8(2,6-9)12-7-3-4-13(10,11)5-7/h7,9H,3-6H2,1-2H3. The molecule has 0 amide bonds. The molecule has 1 fully saturated rings. The van der Waals surface area contributed by atoms with E-state index in [4.69, 9.17) is 5.11 Å².